The lowest BCUT2D eigenvalue weighted by Crippen LogP contribution is -2.45. The average Bonchev–Trinajstić information content (AvgIpc) is 3.71. The van der Waals surface area contributed by atoms with E-state index in [-0.39, 0.29) is 37.3 Å². The molecule has 7 rings (SSSR count). The van der Waals surface area contributed by atoms with E-state index in [1.54, 1.807) is 0 Å². The van der Waals surface area contributed by atoms with Gasteiger partial charge in [-0.1, -0.05) is 18.2 Å². The van der Waals surface area contributed by atoms with Crippen molar-refractivity contribution in [1.82, 2.24) is 14.5 Å². The topological polar surface area (TPSA) is 208 Å². The average molecular weight is 643 g/mol. The lowest BCUT2D eigenvalue weighted by molar-refractivity contribution is -0.0460. The van der Waals surface area contributed by atoms with Crippen molar-refractivity contribution in [3.05, 3.63) is 46.9 Å². The van der Waals surface area contributed by atoms with E-state index in [1.807, 2.05) is 41.1 Å². The molecule has 9 atom stereocenters. The normalized spacial score (nSPS) is 37.0. The first-order valence-corrected chi connectivity index (χ1v) is 16.8. The highest BCUT2D eigenvalue weighted by molar-refractivity contribution is 8.07. The summed E-state index contributed by atoms with van der Waals surface area (Å²) in [5.74, 6) is 0.0388. The number of aliphatic hydroxyl groups is 1. The quantitative estimate of drug-likeness (QED) is 0.214. The number of aromatic nitrogens is 3. The number of hydrogen-bond donors (Lipinski definition) is 6. The van der Waals surface area contributed by atoms with E-state index in [2.05, 4.69) is 15.3 Å². The fourth-order valence-corrected chi connectivity index (χ4v) is 7.84. The molecule has 6 heterocycles. The lowest BCUT2D eigenvalue weighted by atomic mass is 10.1. The fraction of sp³-hybridized carbons (Fsp3) is 0.478. The van der Waals surface area contributed by atoms with Crippen LogP contribution in [0.4, 0.5) is 17.5 Å². The number of benzene rings is 1. The van der Waals surface area contributed by atoms with Crippen LogP contribution in [-0.4, -0.2) is 86.1 Å². The van der Waals surface area contributed by atoms with Crippen LogP contribution in [0.15, 0.2) is 41.3 Å². The van der Waals surface area contributed by atoms with Crippen LogP contribution in [0.2, 0.25) is 0 Å². The van der Waals surface area contributed by atoms with Crippen molar-refractivity contribution in [1.29, 1.82) is 0 Å². The van der Waals surface area contributed by atoms with Crippen LogP contribution >= 0.6 is 15.3 Å². The number of fused-ring (bicyclic) bond motifs is 5. The molecule has 0 radical (unpaired) electrons. The van der Waals surface area contributed by atoms with Crippen molar-refractivity contribution in [3.63, 3.8) is 0 Å². The van der Waals surface area contributed by atoms with E-state index in [4.69, 9.17) is 45.1 Å². The molecular formula is C23H28N6O10P2S. The van der Waals surface area contributed by atoms with Gasteiger partial charge in [0.15, 0.2) is 12.0 Å². The Bertz CT molecular complexity index is 1590. The summed E-state index contributed by atoms with van der Waals surface area (Å²) in [5, 5.41) is 15.1. The number of nitrogens with one attached hydrogen (secondary N) is 2. The van der Waals surface area contributed by atoms with Gasteiger partial charge < -0.3 is 58.5 Å². The molecule has 2 bridgehead atoms. The molecule has 2 aromatic heterocycles. The summed E-state index contributed by atoms with van der Waals surface area (Å²) in [6.45, 7) is -4.46. The second kappa shape index (κ2) is 11.0. The Morgan fingerprint density at radius 1 is 1.17 bits per heavy atom. The number of nitrogens with two attached hydrogens (primary N) is 1. The number of ether oxygens (including phenoxy) is 2. The number of hydrogen-bond acceptors (Lipinski definition) is 14. The molecule has 4 aliphatic rings. The summed E-state index contributed by atoms with van der Waals surface area (Å²) in [6, 6.07) is 9.81. The molecule has 42 heavy (non-hydrogen) atoms. The fourth-order valence-electron chi connectivity index (χ4n) is 5.64. The van der Waals surface area contributed by atoms with Gasteiger partial charge in [-0.05, 0) is 29.3 Å². The van der Waals surface area contributed by atoms with E-state index >= 15 is 0 Å². The van der Waals surface area contributed by atoms with Crippen molar-refractivity contribution >= 4 is 55.5 Å². The van der Waals surface area contributed by atoms with Crippen molar-refractivity contribution in [3.8, 4) is 0 Å². The third-order valence-electron chi connectivity index (χ3n) is 7.59. The first-order chi connectivity index (χ1) is 20.2. The first-order valence-electron chi connectivity index (χ1n) is 13.1. The van der Waals surface area contributed by atoms with Gasteiger partial charge in [0.2, 0.25) is 5.95 Å². The van der Waals surface area contributed by atoms with E-state index in [9.17, 15) is 19.7 Å². The molecule has 16 nitrogen and oxygen atoms in total. The Morgan fingerprint density at radius 3 is 2.86 bits per heavy atom. The van der Waals surface area contributed by atoms with Gasteiger partial charge in [0.25, 0.3) is 5.56 Å². The zero-order valence-corrected chi connectivity index (χ0v) is 24.4. The molecule has 3 fully saturated rings. The molecule has 19 heteroatoms. The van der Waals surface area contributed by atoms with Crippen molar-refractivity contribution in [2.45, 2.75) is 49.4 Å². The third-order valence-corrected chi connectivity index (χ3v) is 9.97. The van der Waals surface area contributed by atoms with Crippen LogP contribution in [0, 0.1) is 0 Å². The molecule has 7 N–H and O–H groups in total. The van der Waals surface area contributed by atoms with Gasteiger partial charge in [0.05, 0.1) is 31.5 Å². The third kappa shape index (κ3) is 5.23. The molecule has 0 saturated carbocycles. The number of rotatable bonds is 2. The van der Waals surface area contributed by atoms with Crippen LogP contribution in [0.3, 0.4) is 0 Å². The van der Waals surface area contributed by atoms with Crippen LogP contribution < -0.4 is 21.5 Å². The Hall–Kier alpha value is -2.24. The molecule has 0 amide bonds. The molecule has 0 aliphatic carbocycles. The predicted molar refractivity (Wildman–Crippen MR) is 153 cm³/mol. The number of anilines is 3. The zero-order valence-electron chi connectivity index (χ0n) is 21.8. The van der Waals surface area contributed by atoms with Gasteiger partial charge in [0.1, 0.15) is 36.3 Å². The van der Waals surface area contributed by atoms with Crippen LogP contribution in [0.25, 0.3) is 10.9 Å². The molecule has 0 spiro atoms. The molecule has 3 aromatic rings. The molecular weight excluding hydrogens is 614 g/mol. The van der Waals surface area contributed by atoms with Gasteiger partial charge in [-0.3, -0.25) is 14.3 Å². The summed E-state index contributed by atoms with van der Waals surface area (Å²) in [7, 11) is -2.42. The summed E-state index contributed by atoms with van der Waals surface area (Å²) >= 11 is 5.33. The highest BCUT2D eigenvalue weighted by Gasteiger charge is 2.52. The molecule has 226 valence electrons. The Labute approximate surface area is 244 Å². The van der Waals surface area contributed by atoms with Gasteiger partial charge in [-0.2, -0.15) is 4.98 Å². The maximum atomic E-state index is 12.4. The standard InChI is InChI=1S/C23H28N6O10P2S/c24-23-26-20-17(21(31)27-23)25-10-29(20)22-19-18(30)15(37-22)8-34-40(32)38-13-7-16(36-14(13)9-35-41(33,42)39-19)28-6-5-11-3-1-2-4-12(11)28/h1-6,13-16,18-19,22,25,30,32H,7-10H2,(H,33,42)(H3,24,26,27,31). The Balaban J connectivity index is 1.14. The second-order valence-corrected chi connectivity index (χ2v) is 13.9. The number of aliphatic hydroxyl groups excluding tert-OH is 1. The Morgan fingerprint density at radius 2 is 2.00 bits per heavy atom. The smallest absolute Gasteiger partial charge is 0.330 e. The zero-order chi connectivity index (χ0) is 29.2. The van der Waals surface area contributed by atoms with Gasteiger partial charge in [-0.15, -0.1) is 0 Å². The molecule has 9 unspecified atom stereocenters. The highest BCUT2D eigenvalue weighted by atomic mass is 32.5. The van der Waals surface area contributed by atoms with Crippen molar-refractivity contribution in [2.24, 2.45) is 0 Å². The number of nitrogen functional groups attached to an aromatic ring is 1. The first kappa shape index (κ1) is 28.5. The second-order valence-electron chi connectivity index (χ2n) is 10.2. The summed E-state index contributed by atoms with van der Waals surface area (Å²) in [5.41, 5.74) is 6.37. The van der Waals surface area contributed by atoms with E-state index in [1.165, 1.54) is 4.90 Å². The minimum absolute atomic E-state index is 0.0533. The number of aromatic amines is 1. The summed E-state index contributed by atoms with van der Waals surface area (Å²) in [4.78, 5) is 42.2. The number of H-pyrrole nitrogens is 1. The Kier molecular flexibility index (Phi) is 7.50. The predicted octanol–water partition coefficient (Wildman–Crippen LogP) is 0.823. The number of para-hydroxylation sites is 1. The SMILES string of the molecule is Nc1nc2c(c(=O)[nH]1)NCN2C1OC2COP(O)OC3CC(n4ccc5ccccc54)OC3COP(O)(=S)OC1C2O. The minimum atomic E-state index is -4.01. The van der Waals surface area contributed by atoms with Gasteiger partial charge >= 0.3 is 15.3 Å². The highest BCUT2D eigenvalue weighted by Crippen LogP contribution is 2.51. The van der Waals surface area contributed by atoms with Crippen molar-refractivity contribution < 1.29 is 42.5 Å². The summed E-state index contributed by atoms with van der Waals surface area (Å²) < 4.78 is 37.3. The van der Waals surface area contributed by atoms with Crippen LogP contribution in [0.1, 0.15) is 12.6 Å². The summed E-state index contributed by atoms with van der Waals surface area (Å²) in [6.07, 6.45) is -4.34. The van der Waals surface area contributed by atoms with E-state index in [0.29, 0.717) is 6.42 Å². The van der Waals surface area contributed by atoms with E-state index in [0.717, 1.165) is 10.9 Å². The van der Waals surface area contributed by atoms with Crippen LogP contribution in [0.5, 0.6) is 0 Å². The minimum Gasteiger partial charge on any atom is -0.387 e. The van der Waals surface area contributed by atoms with E-state index < -0.39 is 63.9 Å². The maximum absolute atomic E-state index is 12.4. The lowest BCUT2D eigenvalue weighted by Gasteiger charge is -2.31. The molecule has 4 aliphatic heterocycles. The van der Waals surface area contributed by atoms with Crippen LogP contribution in [-0.2, 0) is 39.4 Å². The monoisotopic (exact) mass is 642 g/mol. The molecule has 3 saturated heterocycles. The van der Waals surface area contributed by atoms with Crippen molar-refractivity contribution in [2.75, 3.05) is 35.8 Å². The van der Waals surface area contributed by atoms with Gasteiger partial charge in [0, 0.05) is 12.6 Å². The molecule has 1 aromatic carbocycles. The maximum Gasteiger partial charge on any atom is 0.330 e. The number of nitrogens with zero attached hydrogens (tertiary/aromatic N) is 3. The largest absolute Gasteiger partial charge is 0.387 e. The van der Waals surface area contributed by atoms with Gasteiger partial charge in [-0.25, -0.2) is 0 Å².